The molecule has 7 heteroatoms. The number of hydrogen-bond acceptors (Lipinski definition) is 5. The molecule has 1 rings (SSSR count). The first-order valence-electron chi connectivity index (χ1n) is 5.02. The third-order valence-electron chi connectivity index (χ3n) is 2.30. The third-order valence-corrected chi connectivity index (χ3v) is 2.30. The van der Waals surface area contributed by atoms with E-state index >= 15 is 0 Å². The zero-order valence-corrected chi connectivity index (χ0v) is 8.98. The Morgan fingerprint density at radius 2 is 1.94 bits per heavy atom. The number of ether oxygens (including phenoxy) is 2. The van der Waals surface area contributed by atoms with E-state index in [2.05, 4.69) is 16.2 Å². The van der Waals surface area contributed by atoms with Crippen LogP contribution >= 0.6 is 0 Å². The van der Waals surface area contributed by atoms with E-state index in [1.807, 2.05) is 0 Å². The van der Waals surface area contributed by atoms with Crippen molar-refractivity contribution in [3.63, 3.8) is 0 Å². The van der Waals surface area contributed by atoms with E-state index in [0.717, 1.165) is 13.1 Å². The molecule has 0 unspecified atom stereocenters. The van der Waals surface area contributed by atoms with Crippen LogP contribution in [-0.4, -0.2) is 84.5 Å². The van der Waals surface area contributed by atoms with Gasteiger partial charge in [0.15, 0.2) is 0 Å². The molecule has 0 aromatic carbocycles. The standard InChI is InChI=1S/C10H15NO5.Na.H/c1-8(9(12)16-10(13)14)2-3-11-4-6-15-7-5-11;;/h1-7H2,(H,13,14);;. The van der Waals surface area contributed by atoms with Crippen LogP contribution in [0.25, 0.3) is 0 Å². The number of hydrogen-bond donors (Lipinski definition) is 1. The fraction of sp³-hybridized carbons (Fsp3) is 0.600. The Hall–Kier alpha value is -0.400. The zero-order chi connectivity index (χ0) is 12.0. The summed E-state index contributed by atoms with van der Waals surface area (Å²) in [6, 6.07) is 0. The van der Waals surface area contributed by atoms with E-state index in [1.165, 1.54) is 0 Å². The van der Waals surface area contributed by atoms with Gasteiger partial charge in [-0.2, -0.15) is 0 Å². The molecule has 1 fully saturated rings. The summed E-state index contributed by atoms with van der Waals surface area (Å²) < 4.78 is 9.16. The predicted octanol–water partition coefficient (Wildman–Crippen LogP) is -0.162. The van der Waals surface area contributed by atoms with Crippen molar-refractivity contribution in [3.05, 3.63) is 12.2 Å². The normalized spacial score (nSPS) is 15.8. The van der Waals surface area contributed by atoms with E-state index in [9.17, 15) is 9.59 Å². The molecule has 0 saturated carbocycles. The van der Waals surface area contributed by atoms with Crippen molar-refractivity contribution in [1.82, 2.24) is 4.90 Å². The maximum absolute atomic E-state index is 11.1. The second-order valence-corrected chi connectivity index (χ2v) is 3.46. The van der Waals surface area contributed by atoms with E-state index in [0.29, 0.717) is 26.2 Å². The van der Waals surface area contributed by atoms with Crippen LogP contribution in [0.15, 0.2) is 12.2 Å². The molecule has 6 nitrogen and oxygen atoms in total. The minimum atomic E-state index is -1.60. The molecule has 0 radical (unpaired) electrons. The Morgan fingerprint density at radius 1 is 1.35 bits per heavy atom. The fourth-order valence-corrected chi connectivity index (χ4v) is 1.37. The van der Waals surface area contributed by atoms with Gasteiger partial charge in [-0.1, -0.05) is 6.58 Å². The van der Waals surface area contributed by atoms with Gasteiger partial charge in [0.05, 0.1) is 13.2 Å². The molecule has 0 aliphatic carbocycles. The molecule has 0 spiro atoms. The van der Waals surface area contributed by atoms with Crippen LogP contribution in [0.5, 0.6) is 0 Å². The molecule has 0 aromatic rings. The van der Waals surface area contributed by atoms with Crippen molar-refractivity contribution >= 4 is 41.7 Å². The summed E-state index contributed by atoms with van der Waals surface area (Å²) in [5.74, 6) is -0.874. The molecular formula is C10H16NNaO5. The average molecular weight is 253 g/mol. The van der Waals surface area contributed by atoms with E-state index in [-0.39, 0.29) is 35.1 Å². The van der Waals surface area contributed by atoms with Gasteiger partial charge in [-0.05, 0) is 6.42 Å². The first-order valence-corrected chi connectivity index (χ1v) is 5.02. The Balaban J connectivity index is 0.00000256. The van der Waals surface area contributed by atoms with Crippen molar-refractivity contribution in [1.29, 1.82) is 0 Å². The molecule has 0 aromatic heterocycles. The van der Waals surface area contributed by atoms with Crippen molar-refractivity contribution in [3.8, 4) is 0 Å². The van der Waals surface area contributed by atoms with E-state index < -0.39 is 12.1 Å². The van der Waals surface area contributed by atoms with Gasteiger partial charge in [-0.15, -0.1) is 0 Å². The summed E-state index contributed by atoms with van der Waals surface area (Å²) in [5.41, 5.74) is 0.175. The summed E-state index contributed by atoms with van der Waals surface area (Å²) in [6.07, 6.45) is -1.19. The average Bonchev–Trinajstić information content (AvgIpc) is 2.26. The summed E-state index contributed by atoms with van der Waals surface area (Å²) in [6.45, 7) is 7.17. The topological polar surface area (TPSA) is 76.1 Å². The first-order chi connectivity index (χ1) is 7.59. The summed E-state index contributed by atoms with van der Waals surface area (Å²) in [5, 5.41) is 8.24. The molecule has 0 amide bonds. The van der Waals surface area contributed by atoms with Gasteiger partial charge in [0.25, 0.3) is 0 Å². The number of esters is 1. The van der Waals surface area contributed by atoms with Gasteiger partial charge in [0.1, 0.15) is 0 Å². The molecule has 0 atom stereocenters. The molecule has 17 heavy (non-hydrogen) atoms. The molecule has 1 heterocycles. The third kappa shape index (κ3) is 6.80. The molecule has 1 saturated heterocycles. The van der Waals surface area contributed by atoms with Gasteiger partial charge in [-0.3, -0.25) is 4.90 Å². The fourth-order valence-electron chi connectivity index (χ4n) is 1.37. The van der Waals surface area contributed by atoms with Gasteiger partial charge < -0.3 is 14.6 Å². The quantitative estimate of drug-likeness (QED) is 0.325. The van der Waals surface area contributed by atoms with Crippen molar-refractivity contribution < 1.29 is 24.2 Å². The Labute approximate surface area is 122 Å². The van der Waals surface area contributed by atoms with Crippen LogP contribution in [-0.2, 0) is 14.3 Å². The van der Waals surface area contributed by atoms with Crippen molar-refractivity contribution in [2.45, 2.75) is 6.42 Å². The number of rotatable bonds is 4. The number of nitrogens with zero attached hydrogens (tertiary/aromatic N) is 1. The van der Waals surface area contributed by atoms with Crippen molar-refractivity contribution in [2.24, 2.45) is 0 Å². The molecule has 1 aliphatic heterocycles. The van der Waals surface area contributed by atoms with Crippen LogP contribution < -0.4 is 0 Å². The zero-order valence-electron chi connectivity index (χ0n) is 8.98. The summed E-state index contributed by atoms with van der Waals surface area (Å²) >= 11 is 0. The second-order valence-electron chi connectivity index (χ2n) is 3.46. The van der Waals surface area contributed by atoms with Gasteiger partial charge in [0, 0.05) is 25.2 Å². The van der Waals surface area contributed by atoms with E-state index in [1.54, 1.807) is 0 Å². The second kappa shape index (κ2) is 8.66. The number of morpholine rings is 1. The Morgan fingerprint density at radius 3 is 2.47 bits per heavy atom. The molecule has 92 valence electrons. The molecule has 1 N–H and O–H groups in total. The predicted molar refractivity (Wildman–Crippen MR) is 62.3 cm³/mol. The van der Waals surface area contributed by atoms with Gasteiger partial charge >= 0.3 is 41.7 Å². The number of carboxylic acid groups (broad SMARTS) is 1. The Bertz CT molecular complexity index is 288. The van der Waals surface area contributed by atoms with Gasteiger partial charge in [-0.25, -0.2) is 9.59 Å². The minimum absolute atomic E-state index is 0. The van der Waals surface area contributed by atoms with Gasteiger partial charge in [0.2, 0.25) is 0 Å². The number of carbonyl (C=O) groups excluding carboxylic acids is 1. The summed E-state index contributed by atoms with van der Waals surface area (Å²) in [4.78, 5) is 23.3. The van der Waals surface area contributed by atoms with Crippen molar-refractivity contribution in [2.75, 3.05) is 32.8 Å². The molecule has 1 aliphatic rings. The summed E-state index contributed by atoms with van der Waals surface area (Å²) in [7, 11) is 0. The molecule has 0 bridgehead atoms. The van der Waals surface area contributed by atoms with E-state index in [4.69, 9.17) is 9.84 Å². The van der Waals surface area contributed by atoms with Crippen LogP contribution in [0, 0.1) is 0 Å². The monoisotopic (exact) mass is 253 g/mol. The first kappa shape index (κ1) is 16.6. The van der Waals surface area contributed by atoms with Crippen LogP contribution in [0.3, 0.4) is 0 Å². The van der Waals surface area contributed by atoms with Crippen LogP contribution in [0.1, 0.15) is 6.42 Å². The Kier molecular flexibility index (Phi) is 8.45. The van der Waals surface area contributed by atoms with Crippen LogP contribution in [0.2, 0.25) is 0 Å². The SMILES string of the molecule is C=C(CCN1CCOCC1)C(=O)OC(=O)O.[NaH]. The maximum atomic E-state index is 11.1. The van der Waals surface area contributed by atoms with Crippen LogP contribution in [0.4, 0.5) is 4.79 Å². The number of carbonyl (C=O) groups is 2. The molecular weight excluding hydrogens is 237 g/mol.